The van der Waals surface area contributed by atoms with Gasteiger partial charge in [-0.2, -0.15) is 0 Å². The molecule has 0 saturated heterocycles. The van der Waals surface area contributed by atoms with Gasteiger partial charge in [-0.05, 0) is 12.8 Å². The minimum absolute atomic E-state index is 0.0469. The third-order valence-electron chi connectivity index (χ3n) is 2.95. The molecule has 0 aliphatic heterocycles. The number of rotatable bonds is 6. The molecule has 1 amide bonds. The summed E-state index contributed by atoms with van der Waals surface area (Å²) in [6.45, 7) is 0.774. The largest absolute Gasteiger partial charge is 0.393 e. The third-order valence-corrected chi connectivity index (χ3v) is 3.16. The Morgan fingerprint density at radius 1 is 1.50 bits per heavy atom. The van der Waals surface area contributed by atoms with Crippen LogP contribution in [0.1, 0.15) is 32.1 Å². The molecule has 5 heteroatoms. The van der Waals surface area contributed by atoms with Gasteiger partial charge in [-0.15, -0.1) is 0 Å². The van der Waals surface area contributed by atoms with Crippen LogP contribution in [0.5, 0.6) is 0 Å². The number of ether oxygens (including phenoxy) is 1. The SMILES string of the molecule is COCC(=O)N(CCC(N)=S)C1CCCC1. The summed E-state index contributed by atoms with van der Waals surface area (Å²) in [6, 6.07) is 0.358. The number of carbonyl (C=O) groups excluding carboxylic acids is 1. The first-order chi connectivity index (χ1) is 7.65. The molecule has 2 N–H and O–H groups in total. The maximum absolute atomic E-state index is 11.9. The minimum atomic E-state index is 0.0469. The van der Waals surface area contributed by atoms with Gasteiger partial charge < -0.3 is 15.4 Å². The Hall–Kier alpha value is -0.680. The second-order valence-corrected chi connectivity index (χ2v) is 4.70. The molecule has 0 spiro atoms. The Bertz CT molecular complexity index is 252. The van der Waals surface area contributed by atoms with Gasteiger partial charge in [0, 0.05) is 26.1 Å². The van der Waals surface area contributed by atoms with Crippen molar-refractivity contribution in [1.29, 1.82) is 0 Å². The highest BCUT2D eigenvalue weighted by molar-refractivity contribution is 7.80. The standard InChI is InChI=1S/C11H20N2O2S/c1-15-8-11(14)13(7-6-10(12)16)9-4-2-3-5-9/h9H,2-8H2,1H3,(H2,12,16). The summed E-state index contributed by atoms with van der Waals surface area (Å²) >= 11 is 4.85. The van der Waals surface area contributed by atoms with E-state index in [1.165, 1.54) is 20.0 Å². The number of nitrogens with zero attached hydrogens (tertiary/aromatic N) is 1. The number of hydrogen-bond donors (Lipinski definition) is 1. The molecule has 0 aromatic rings. The Morgan fingerprint density at radius 3 is 2.62 bits per heavy atom. The maximum Gasteiger partial charge on any atom is 0.248 e. The zero-order valence-electron chi connectivity index (χ0n) is 9.78. The van der Waals surface area contributed by atoms with Crippen molar-refractivity contribution >= 4 is 23.1 Å². The van der Waals surface area contributed by atoms with Crippen LogP contribution >= 0.6 is 12.2 Å². The zero-order chi connectivity index (χ0) is 12.0. The van der Waals surface area contributed by atoms with E-state index in [1.54, 1.807) is 0 Å². The fraction of sp³-hybridized carbons (Fsp3) is 0.818. The molecule has 0 aromatic carbocycles. The molecule has 1 fully saturated rings. The first kappa shape index (κ1) is 13.4. The lowest BCUT2D eigenvalue weighted by Gasteiger charge is -2.28. The van der Waals surface area contributed by atoms with Crippen LogP contribution in [0.25, 0.3) is 0 Å². The Kier molecular flexibility index (Phi) is 5.69. The van der Waals surface area contributed by atoms with Gasteiger partial charge in [-0.1, -0.05) is 25.1 Å². The highest BCUT2D eigenvalue weighted by Gasteiger charge is 2.26. The normalized spacial score (nSPS) is 16.3. The van der Waals surface area contributed by atoms with Gasteiger partial charge in [0.05, 0.1) is 4.99 Å². The lowest BCUT2D eigenvalue weighted by atomic mass is 10.2. The zero-order valence-corrected chi connectivity index (χ0v) is 10.6. The van der Waals surface area contributed by atoms with Gasteiger partial charge in [-0.3, -0.25) is 4.79 Å². The molecule has 0 heterocycles. The lowest BCUT2D eigenvalue weighted by Crippen LogP contribution is -2.42. The topological polar surface area (TPSA) is 55.6 Å². The Morgan fingerprint density at radius 2 is 2.12 bits per heavy atom. The minimum Gasteiger partial charge on any atom is -0.393 e. The van der Waals surface area contributed by atoms with Gasteiger partial charge in [-0.25, -0.2) is 0 Å². The van der Waals surface area contributed by atoms with Crippen LogP contribution in [0.4, 0.5) is 0 Å². The van der Waals surface area contributed by atoms with Crippen molar-refractivity contribution < 1.29 is 9.53 Å². The number of amides is 1. The Balaban J connectivity index is 2.52. The van der Waals surface area contributed by atoms with Crippen LogP contribution in [0.3, 0.4) is 0 Å². The van der Waals surface area contributed by atoms with Crippen LogP contribution in [0.2, 0.25) is 0 Å². The first-order valence-corrected chi connectivity index (χ1v) is 6.12. The average Bonchev–Trinajstić information content (AvgIpc) is 2.71. The summed E-state index contributed by atoms with van der Waals surface area (Å²) in [5.74, 6) is 0.0469. The third kappa shape index (κ3) is 4.06. The summed E-state index contributed by atoms with van der Waals surface area (Å²) in [6.07, 6.45) is 5.18. The molecule has 0 bridgehead atoms. The van der Waals surface area contributed by atoms with Crippen molar-refractivity contribution in [2.24, 2.45) is 5.73 Å². The molecule has 1 saturated carbocycles. The van der Waals surface area contributed by atoms with E-state index in [0.717, 1.165) is 12.8 Å². The monoisotopic (exact) mass is 244 g/mol. The predicted octanol–water partition coefficient (Wildman–Crippen LogP) is 1.08. The van der Waals surface area contributed by atoms with Crippen LogP contribution < -0.4 is 5.73 Å². The fourth-order valence-corrected chi connectivity index (χ4v) is 2.26. The van der Waals surface area contributed by atoms with E-state index in [-0.39, 0.29) is 12.5 Å². The van der Waals surface area contributed by atoms with Crippen LogP contribution in [-0.4, -0.2) is 42.1 Å². The van der Waals surface area contributed by atoms with Crippen LogP contribution in [-0.2, 0) is 9.53 Å². The number of nitrogens with two attached hydrogens (primary N) is 1. The number of hydrogen-bond acceptors (Lipinski definition) is 3. The van der Waals surface area contributed by atoms with Gasteiger partial charge in [0.1, 0.15) is 6.61 Å². The van der Waals surface area contributed by atoms with E-state index in [2.05, 4.69) is 0 Å². The van der Waals surface area contributed by atoms with E-state index >= 15 is 0 Å². The summed E-state index contributed by atoms with van der Waals surface area (Å²) in [5.41, 5.74) is 5.48. The summed E-state index contributed by atoms with van der Waals surface area (Å²) in [5, 5.41) is 0. The van der Waals surface area contributed by atoms with E-state index in [0.29, 0.717) is 24.0 Å². The highest BCUT2D eigenvalue weighted by Crippen LogP contribution is 2.23. The van der Waals surface area contributed by atoms with Crippen molar-refractivity contribution in [3.8, 4) is 0 Å². The smallest absolute Gasteiger partial charge is 0.248 e. The van der Waals surface area contributed by atoms with Gasteiger partial charge in [0.2, 0.25) is 5.91 Å². The average molecular weight is 244 g/mol. The molecule has 0 atom stereocenters. The molecule has 4 nitrogen and oxygen atoms in total. The van der Waals surface area contributed by atoms with Crippen molar-refractivity contribution in [3.63, 3.8) is 0 Å². The molecule has 1 rings (SSSR count). The second-order valence-electron chi connectivity index (χ2n) is 4.17. The van der Waals surface area contributed by atoms with Crippen molar-refractivity contribution in [1.82, 2.24) is 4.90 Å². The molecule has 1 aliphatic rings. The van der Waals surface area contributed by atoms with Crippen molar-refractivity contribution in [2.75, 3.05) is 20.3 Å². The number of thiocarbonyl (C=S) groups is 1. The summed E-state index contributed by atoms with van der Waals surface area (Å²) < 4.78 is 4.90. The number of carbonyl (C=O) groups is 1. The van der Waals surface area contributed by atoms with Crippen molar-refractivity contribution in [2.45, 2.75) is 38.1 Å². The quantitative estimate of drug-likeness (QED) is 0.710. The van der Waals surface area contributed by atoms with E-state index < -0.39 is 0 Å². The molecule has 1 aliphatic carbocycles. The first-order valence-electron chi connectivity index (χ1n) is 5.72. The molecule has 0 aromatic heterocycles. The molecule has 92 valence electrons. The molecule has 0 unspecified atom stereocenters. The van der Waals surface area contributed by atoms with Crippen LogP contribution in [0, 0.1) is 0 Å². The second kappa shape index (κ2) is 6.81. The number of methoxy groups -OCH3 is 1. The Labute approximate surface area is 102 Å². The van der Waals surface area contributed by atoms with Crippen molar-refractivity contribution in [3.05, 3.63) is 0 Å². The van der Waals surface area contributed by atoms with E-state index in [4.69, 9.17) is 22.7 Å². The van der Waals surface area contributed by atoms with Gasteiger partial charge in [0.15, 0.2) is 0 Å². The fourth-order valence-electron chi connectivity index (χ4n) is 2.16. The summed E-state index contributed by atoms with van der Waals surface area (Å²) in [7, 11) is 1.54. The molecular weight excluding hydrogens is 224 g/mol. The predicted molar refractivity (Wildman–Crippen MR) is 67.2 cm³/mol. The van der Waals surface area contributed by atoms with Crippen LogP contribution in [0.15, 0.2) is 0 Å². The highest BCUT2D eigenvalue weighted by atomic mass is 32.1. The maximum atomic E-state index is 11.9. The molecule has 16 heavy (non-hydrogen) atoms. The molecule has 0 radical (unpaired) electrons. The van der Waals surface area contributed by atoms with E-state index in [1.807, 2.05) is 4.90 Å². The van der Waals surface area contributed by atoms with Gasteiger partial charge >= 0.3 is 0 Å². The summed E-state index contributed by atoms with van der Waals surface area (Å²) in [4.78, 5) is 14.2. The van der Waals surface area contributed by atoms with E-state index in [9.17, 15) is 4.79 Å². The van der Waals surface area contributed by atoms with Gasteiger partial charge in [0.25, 0.3) is 0 Å². The lowest BCUT2D eigenvalue weighted by molar-refractivity contribution is -0.137. The molecular formula is C11H20N2O2S.